The third kappa shape index (κ3) is 6.18. The van der Waals surface area contributed by atoms with Gasteiger partial charge in [-0.1, -0.05) is 78.3 Å². The number of benzene rings is 1. The zero-order chi connectivity index (χ0) is 26.1. The molecular weight excluding hydrogens is 458 g/mol. The van der Waals surface area contributed by atoms with Gasteiger partial charge in [0.1, 0.15) is 6.04 Å². The van der Waals surface area contributed by atoms with Gasteiger partial charge in [-0.2, -0.15) is 0 Å². The van der Waals surface area contributed by atoms with Crippen molar-refractivity contribution in [2.75, 3.05) is 6.54 Å². The Morgan fingerprint density at radius 3 is 2.26 bits per heavy atom. The van der Waals surface area contributed by atoms with Gasteiger partial charge in [0.25, 0.3) is 0 Å². The van der Waals surface area contributed by atoms with E-state index in [1.807, 2.05) is 89.9 Å². The number of carbonyl (C=O) groups excluding carboxylic acids is 3. The molecule has 1 aromatic heterocycles. The molecule has 190 valence electrons. The molecule has 1 saturated heterocycles. The summed E-state index contributed by atoms with van der Waals surface area (Å²) in [7, 11) is 0. The minimum Gasteiger partial charge on any atom is -0.344 e. The van der Waals surface area contributed by atoms with Crippen LogP contribution in [0.2, 0.25) is 0 Å². The fraction of sp³-hybridized carbons (Fsp3) is 0.571. The Kier molecular flexibility index (Phi) is 7.89. The van der Waals surface area contributed by atoms with Crippen LogP contribution in [0, 0.1) is 23.7 Å². The largest absolute Gasteiger partial charge is 0.344 e. The number of hydrogen-bond acceptors (Lipinski definition) is 5. The summed E-state index contributed by atoms with van der Waals surface area (Å²) >= 11 is 1.32. The topological polar surface area (TPSA) is 79.4 Å². The van der Waals surface area contributed by atoms with Crippen LogP contribution in [0.15, 0.2) is 29.6 Å². The summed E-state index contributed by atoms with van der Waals surface area (Å²) in [6.07, 6.45) is 1.65. The van der Waals surface area contributed by atoms with Crippen molar-refractivity contribution in [2.45, 2.75) is 80.3 Å². The number of amides is 2. The molecule has 1 fully saturated rings. The van der Waals surface area contributed by atoms with Gasteiger partial charge in [0.05, 0.1) is 11.7 Å². The van der Waals surface area contributed by atoms with Crippen molar-refractivity contribution in [3.8, 4) is 0 Å². The van der Waals surface area contributed by atoms with E-state index in [0.29, 0.717) is 17.1 Å². The highest BCUT2D eigenvalue weighted by molar-refractivity contribution is 7.12. The Bertz CT molecular complexity index is 1080. The van der Waals surface area contributed by atoms with Crippen LogP contribution in [0.4, 0.5) is 0 Å². The van der Waals surface area contributed by atoms with Gasteiger partial charge < -0.3 is 10.2 Å². The summed E-state index contributed by atoms with van der Waals surface area (Å²) < 4.78 is 0. The molecule has 0 bridgehead atoms. The molecule has 1 aromatic carbocycles. The average Bonchev–Trinajstić information content (AvgIpc) is 3.44. The average molecular weight is 498 g/mol. The Balaban J connectivity index is 1.81. The minimum atomic E-state index is -0.646. The van der Waals surface area contributed by atoms with E-state index in [1.165, 1.54) is 11.3 Å². The molecule has 0 saturated carbocycles. The molecule has 0 aliphatic carbocycles. The van der Waals surface area contributed by atoms with Crippen LogP contribution in [0.1, 0.15) is 94.0 Å². The third-order valence-electron chi connectivity index (χ3n) is 7.00. The summed E-state index contributed by atoms with van der Waals surface area (Å²) in [6, 6.07) is 6.63. The van der Waals surface area contributed by atoms with Crippen LogP contribution in [0.5, 0.6) is 0 Å². The molecule has 3 atom stereocenters. The van der Waals surface area contributed by atoms with E-state index in [1.54, 1.807) is 0 Å². The van der Waals surface area contributed by atoms with Crippen LogP contribution >= 0.6 is 11.3 Å². The molecule has 6 nitrogen and oxygen atoms in total. The van der Waals surface area contributed by atoms with Crippen LogP contribution in [-0.2, 0) is 9.59 Å². The Morgan fingerprint density at radius 2 is 1.69 bits per heavy atom. The molecule has 2 amide bonds. The Morgan fingerprint density at radius 1 is 1.06 bits per heavy atom. The van der Waals surface area contributed by atoms with E-state index in [9.17, 15) is 14.4 Å². The van der Waals surface area contributed by atoms with E-state index in [4.69, 9.17) is 0 Å². The second-order valence-electron chi connectivity index (χ2n) is 11.9. The molecule has 1 aliphatic rings. The summed E-state index contributed by atoms with van der Waals surface area (Å²) in [4.78, 5) is 46.2. The van der Waals surface area contributed by atoms with Crippen molar-refractivity contribution in [1.82, 2.24) is 15.2 Å². The SMILES string of the molecule is Cc1ccc(C(=O)c2nc([C@@H]3CCCN3C(=O)[C@@H](NC(=O)[C@H](C)C(C)(C)C)C(C)(C)C)cs2)cc1. The van der Waals surface area contributed by atoms with Crippen molar-refractivity contribution >= 4 is 28.9 Å². The molecule has 2 aromatic rings. The minimum absolute atomic E-state index is 0.0890. The molecule has 2 heterocycles. The molecule has 0 unspecified atom stereocenters. The van der Waals surface area contributed by atoms with E-state index < -0.39 is 11.5 Å². The number of aromatic nitrogens is 1. The van der Waals surface area contributed by atoms with E-state index in [2.05, 4.69) is 10.3 Å². The Hall–Kier alpha value is -2.54. The van der Waals surface area contributed by atoms with E-state index >= 15 is 0 Å². The quantitative estimate of drug-likeness (QED) is 0.530. The smallest absolute Gasteiger partial charge is 0.246 e. The zero-order valence-electron chi connectivity index (χ0n) is 22.3. The number of aryl methyl sites for hydroxylation is 1. The van der Waals surface area contributed by atoms with Crippen molar-refractivity contribution in [2.24, 2.45) is 16.7 Å². The summed E-state index contributed by atoms with van der Waals surface area (Å²) in [5.41, 5.74) is 1.80. The number of rotatable bonds is 6. The van der Waals surface area contributed by atoms with Gasteiger partial charge in [-0.15, -0.1) is 11.3 Å². The van der Waals surface area contributed by atoms with Gasteiger partial charge in [0, 0.05) is 23.4 Å². The van der Waals surface area contributed by atoms with E-state index in [0.717, 1.165) is 24.1 Å². The molecule has 3 rings (SSSR count). The van der Waals surface area contributed by atoms with Crippen LogP contribution in [0.25, 0.3) is 0 Å². The van der Waals surface area contributed by atoms with Gasteiger partial charge in [-0.05, 0) is 30.6 Å². The molecule has 1 N–H and O–H groups in total. The molecule has 0 spiro atoms. The van der Waals surface area contributed by atoms with Crippen molar-refractivity contribution < 1.29 is 14.4 Å². The first-order valence-corrected chi connectivity index (χ1v) is 13.3. The van der Waals surface area contributed by atoms with Gasteiger partial charge >= 0.3 is 0 Å². The maximum atomic E-state index is 13.8. The number of likely N-dealkylation sites (tertiary alicyclic amines) is 1. The number of ketones is 1. The molecule has 1 aliphatic heterocycles. The van der Waals surface area contributed by atoms with Gasteiger partial charge in [-0.25, -0.2) is 4.98 Å². The summed E-state index contributed by atoms with van der Waals surface area (Å²) in [6.45, 7) is 16.5. The molecule has 0 radical (unpaired) electrons. The van der Waals surface area contributed by atoms with Crippen molar-refractivity contribution in [1.29, 1.82) is 0 Å². The number of carbonyl (C=O) groups is 3. The highest BCUT2D eigenvalue weighted by Gasteiger charge is 2.42. The number of thiazole rings is 1. The highest BCUT2D eigenvalue weighted by atomic mass is 32.1. The third-order valence-corrected chi connectivity index (χ3v) is 7.86. The van der Waals surface area contributed by atoms with Crippen molar-refractivity contribution in [3.05, 3.63) is 51.5 Å². The molecule has 35 heavy (non-hydrogen) atoms. The summed E-state index contributed by atoms with van der Waals surface area (Å²) in [5, 5.41) is 5.39. The van der Waals surface area contributed by atoms with Gasteiger partial charge in [-0.3, -0.25) is 14.4 Å². The lowest BCUT2D eigenvalue weighted by Crippen LogP contribution is -2.56. The molecule has 7 heteroatoms. The normalized spacial score (nSPS) is 18.3. The Labute approximate surface area is 213 Å². The lowest BCUT2D eigenvalue weighted by molar-refractivity contribution is -0.142. The van der Waals surface area contributed by atoms with Crippen LogP contribution in [0.3, 0.4) is 0 Å². The second-order valence-corrected chi connectivity index (χ2v) is 12.7. The zero-order valence-corrected chi connectivity index (χ0v) is 23.1. The maximum Gasteiger partial charge on any atom is 0.246 e. The first-order valence-electron chi connectivity index (χ1n) is 12.4. The molecular formula is C28H39N3O3S. The van der Waals surface area contributed by atoms with Crippen molar-refractivity contribution in [3.63, 3.8) is 0 Å². The summed E-state index contributed by atoms with van der Waals surface area (Å²) in [5.74, 6) is -0.536. The number of nitrogens with zero attached hydrogens (tertiary/aromatic N) is 2. The van der Waals surface area contributed by atoms with Gasteiger partial charge in [0.2, 0.25) is 17.6 Å². The predicted octanol–water partition coefficient (Wildman–Crippen LogP) is 5.56. The first kappa shape index (κ1) is 27.1. The highest BCUT2D eigenvalue weighted by Crippen LogP contribution is 2.35. The predicted molar refractivity (Wildman–Crippen MR) is 140 cm³/mol. The monoisotopic (exact) mass is 497 g/mol. The fourth-order valence-corrected chi connectivity index (χ4v) is 5.01. The first-order chi connectivity index (χ1) is 16.2. The van der Waals surface area contributed by atoms with Crippen LogP contribution in [-0.4, -0.2) is 40.1 Å². The fourth-order valence-electron chi connectivity index (χ4n) is 4.18. The number of nitrogens with one attached hydrogen (secondary N) is 1. The number of hydrogen-bond donors (Lipinski definition) is 1. The lowest BCUT2D eigenvalue weighted by Gasteiger charge is -2.37. The van der Waals surface area contributed by atoms with Gasteiger partial charge in [0.15, 0.2) is 5.01 Å². The lowest BCUT2D eigenvalue weighted by atomic mass is 9.80. The van der Waals surface area contributed by atoms with Crippen LogP contribution < -0.4 is 5.32 Å². The second kappa shape index (κ2) is 10.2. The standard InChI is InChI=1S/C28H39N3O3S/c1-17-11-13-19(14-12-17)22(32)25-29-20(16-35-25)21-10-9-15-31(21)26(34)23(28(6,7)8)30-24(33)18(2)27(3,4)5/h11-14,16,18,21,23H,9-10,15H2,1-8H3,(H,30,33)/t18-,21-,23+/m0/s1. The maximum absolute atomic E-state index is 13.8. The van der Waals surface area contributed by atoms with E-state index in [-0.39, 0.29) is 35.0 Å².